The first-order valence-electron chi connectivity index (χ1n) is 7.71. The number of allylic oxidation sites excluding steroid dienone is 3. The van der Waals surface area contributed by atoms with Crippen LogP contribution in [0.3, 0.4) is 0 Å². The number of rotatable bonds is 3. The highest BCUT2D eigenvalue weighted by atomic mass is 14.2. The molecule has 1 fully saturated rings. The van der Waals surface area contributed by atoms with Crippen LogP contribution in [-0.2, 0) is 6.42 Å². The summed E-state index contributed by atoms with van der Waals surface area (Å²) in [5, 5.41) is 0. The van der Waals surface area contributed by atoms with Crippen LogP contribution in [0, 0.1) is 23.7 Å². The summed E-state index contributed by atoms with van der Waals surface area (Å²) in [5.74, 6) is 7.81. The van der Waals surface area contributed by atoms with Crippen LogP contribution in [0.4, 0.5) is 0 Å². The second kappa shape index (κ2) is 7.75. The molecule has 1 saturated carbocycles. The van der Waals surface area contributed by atoms with Crippen LogP contribution >= 0.6 is 0 Å². The Bertz CT molecular complexity index is 499. The SMILES string of the molecule is C=CC1CCC(/C=C/C#Cc2ccc(CC)cc2)CC1. The zero-order valence-electron chi connectivity index (χ0n) is 12.4. The van der Waals surface area contributed by atoms with Crippen molar-refractivity contribution >= 4 is 0 Å². The van der Waals surface area contributed by atoms with E-state index in [1.807, 2.05) is 6.08 Å². The van der Waals surface area contributed by atoms with Gasteiger partial charge in [0.15, 0.2) is 0 Å². The Kier molecular flexibility index (Phi) is 5.69. The Hall–Kier alpha value is -1.74. The molecule has 0 heterocycles. The van der Waals surface area contributed by atoms with Gasteiger partial charge in [0, 0.05) is 5.56 Å². The van der Waals surface area contributed by atoms with Gasteiger partial charge in [-0.15, -0.1) is 6.58 Å². The molecular weight excluding hydrogens is 240 g/mol. The van der Waals surface area contributed by atoms with Gasteiger partial charge in [0.05, 0.1) is 0 Å². The maximum absolute atomic E-state index is 3.89. The van der Waals surface area contributed by atoms with Crippen molar-refractivity contribution in [3.05, 3.63) is 60.2 Å². The molecule has 0 saturated heterocycles. The van der Waals surface area contributed by atoms with Crippen LogP contribution in [0.25, 0.3) is 0 Å². The molecule has 0 aliphatic heterocycles. The molecule has 0 aromatic heterocycles. The van der Waals surface area contributed by atoms with Crippen molar-refractivity contribution in [2.45, 2.75) is 39.0 Å². The van der Waals surface area contributed by atoms with Gasteiger partial charge in [-0.2, -0.15) is 0 Å². The van der Waals surface area contributed by atoms with E-state index in [1.54, 1.807) is 0 Å². The third kappa shape index (κ3) is 4.42. The van der Waals surface area contributed by atoms with Crippen LogP contribution in [0.2, 0.25) is 0 Å². The van der Waals surface area contributed by atoms with E-state index >= 15 is 0 Å². The van der Waals surface area contributed by atoms with Crippen molar-refractivity contribution < 1.29 is 0 Å². The lowest BCUT2D eigenvalue weighted by atomic mass is 9.82. The van der Waals surface area contributed by atoms with E-state index in [4.69, 9.17) is 0 Å². The van der Waals surface area contributed by atoms with Crippen LogP contribution < -0.4 is 0 Å². The highest BCUT2D eigenvalue weighted by Crippen LogP contribution is 2.29. The van der Waals surface area contributed by atoms with Crippen molar-refractivity contribution in [1.29, 1.82) is 0 Å². The Labute approximate surface area is 123 Å². The van der Waals surface area contributed by atoms with E-state index in [1.165, 1.54) is 31.2 Å². The molecule has 0 amide bonds. The third-order valence-electron chi connectivity index (χ3n) is 4.18. The lowest BCUT2D eigenvalue weighted by Gasteiger charge is -2.23. The zero-order chi connectivity index (χ0) is 14.2. The number of hydrogen-bond donors (Lipinski definition) is 0. The van der Waals surface area contributed by atoms with Gasteiger partial charge < -0.3 is 0 Å². The highest BCUT2D eigenvalue weighted by molar-refractivity contribution is 5.38. The maximum atomic E-state index is 3.89. The van der Waals surface area contributed by atoms with E-state index in [0.717, 1.165) is 17.9 Å². The van der Waals surface area contributed by atoms with Crippen molar-refractivity contribution in [3.63, 3.8) is 0 Å². The molecule has 0 bridgehead atoms. The fourth-order valence-corrected chi connectivity index (χ4v) is 2.71. The Morgan fingerprint density at radius 3 is 2.35 bits per heavy atom. The lowest BCUT2D eigenvalue weighted by Crippen LogP contribution is -2.10. The second-order valence-corrected chi connectivity index (χ2v) is 5.59. The summed E-state index contributed by atoms with van der Waals surface area (Å²) in [4.78, 5) is 0. The zero-order valence-corrected chi connectivity index (χ0v) is 12.4. The van der Waals surface area contributed by atoms with Gasteiger partial charge in [0.25, 0.3) is 0 Å². The first kappa shape index (κ1) is 14.7. The van der Waals surface area contributed by atoms with Crippen molar-refractivity contribution in [2.75, 3.05) is 0 Å². The normalized spacial score (nSPS) is 22.2. The predicted octanol–water partition coefficient (Wildman–Crippen LogP) is 5.15. The molecule has 1 aliphatic rings. The minimum atomic E-state index is 0.711. The third-order valence-corrected chi connectivity index (χ3v) is 4.18. The second-order valence-electron chi connectivity index (χ2n) is 5.59. The summed E-state index contributed by atoms with van der Waals surface area (Å²) in [7, 11) is 0. The van der Waals surface area contributed by atoms with Gasteiger partial charge in [-0.3, -0.25) is 0 Å². The topological polar surface area (TPSA) is 0 Å². The van der Waals surface area contributed by atoms with Crippen molar-refractivity contribution in [3.8, 4) is 11.8 Å². The van der Waals surface area contributed by atoms with Gasteiger partial charge in [-0.05, 0) is 67.7 Å². The number of benzene rings is 1. The number of hydrogen-bond acceptors (Lipinski definition) is 0. The minimum Gasteiger partial charge on any atom is -0.103 e. The molecular formula is C20H24. The molecule has 0 unspecified atom stereocenters. The van der Waals surface area contributed by atoms with E-state index < -0.39 is 0 Å². The molecule has 1 aromatic carbocycles. The van der Waals surface area contributed by atoms with Gasteiger partial charge in [0.1, 0.15) is 0 Å². The Balaban J connectivity index is 1.84. The van der Waals surface area contributed by atoms with Gasteiger partial charge in [0.2, 0.25) is 0 Å². The number of aryl methyl sites for hydroxylation is 1. The molecule has 0 radical (unpaired) electrons. The van der Waals surface area contributed by atoms with Gasteiger partial charge in [-0.1, -0.05) is 43.0 Å². The quantitative estimate of drug-likeness (QED) is 0.523. The molecule has 0 heteroatoms. The van der Waals surface area contributed by atoms with Gasteiger partial charge in [-0.25, -0.2) is 0 Å². The lowest BCUT2D eigenvalue weighted by molar-refractivity contribution is 0.357. The summed E-state index contributed by atoms with van der Waals surface area (Å²) in [6.45, 7) is 6.06. The van der Waals surface area contributed by atoms with Crippen molar-refractivity contribution in [2.24, 2.45) is 11.8 Å². The molecule has 0 nitrogen and oxygen atoms in total. The molecule has 0 spiro atoms. The molecule has 2 rings (SSSR count). The van der Waals surface area contributed by atoms with Crippen LogP contribution in [-0.4, -0.2) is 0 Å². The predicted molar refractivity (Wildman–Crippen MR) is 87.5 cm³/mol. The Morgan fingerprint density at radius 1 is 1.10 bits per heavy atom. The van der Waals surface area contributed by atoms with E-state index in [9.17, 15) is 0 Å². The summed E-state index contributed by atoms with van der Waals surface area (Å²) in [6, 6.07) is 8.53. The van der Waals surface area contributed by atoms with E-state index in [-0.39, 0.29) is 0 Å². The largest absolute Gasteiger partial charge is 0.103 e. The molecule has 0 N–H and O–H groups in total. The molecule has 20 heavy (non-hydrogen) atoms. The van der Waals surface area contributed by atoms with Gasteiger partial charge >= 0.3 is 0 Å². The average molecular weight is 264 g/mol. The summed E-state index contributed by atoms with van der Waals surface area (Å²) < 4.78 is 0. The Morgan fingerprint density at radius 2 is 1.75 bits per heavy atom. The van der Waals surface area contributed by atoms with Crippen LogP contribution in [0.5, 0.6) is 0 Å². The molecule has 104 valence electrons. The fourth-order valence-electron chi connectivity index (χ4n) is 2.71. The first-order valence-corrected chi connectivity index (χ1v) is 7.71. The fraction of sp³-hybridized carbons (Fsp3) is 0.400. The van der Waals surface area contributed by atoms with Crippen LogP contribution in [0.1, 0.15) is 43.7 Å². The molecule has 1 aromatic rings. The summed E-state index contributed by atoms with van der Waals surface area (Å²) in [5.41, 5.74) is 2.47. The van der Waals surface area contributed by atoms with E-state index in [0.29, 0.717) is 5.92 Å². The minimum absolute atomic E-state index is 0.711. The van der Waals surface area contributed by atoms with Crippen LogP contribution in [0.15, 0.2) is 49.1 Å². The summed E-state index contributed by atoms with van der Waals surface area (Å²) >= 11 is 0. The molecule has 0 atom stereocenters. The maximum Gasteiger partial charge on any atom is 0.0249 e. The molecule has 1 aliphatic carbocycles. The van der Waals surface area contributed by atoms with Crippen molar-refractivity contribution in [1.82, 2.24) is 0 Å². The van der Waals surface area contributed by atoms with E-state index in [2.05, 4.69) is 61.8 Å². The first-order chi connectivity index (χ1) is 9.81. The smallest absolute Gasteiger partial charge is 0.0249 e. The standard InChI is InChI=1S/C20H24/c1-3-17-9-13-19(14-10-17)7-5-6-8-20-15-11-18(4-2)12-16-20/h3,5,7,11-12,15-17,19H,1,4,9-10,13-14H2,2H3/b7-5+. The highest BCUT2D eigenvalue weighted by Gasteiger charge is 2.16. The summed E-state index contributed by atoms with van der Waals surface area (Å²) in [6.07, 6.45) is 12.6. The monoisotopic (exact) mass is 264 g/mol. The average Bonchev–Trinajstić information content (AvgIpc) is 2.53.